The quantitative estimate of drug-likeness (QED) is 0.834. The normalized spacial score (nSPS) is 21.9. The Labute approximate surface area is 122 Å². The lowest BCUT2D eigenvalue weighted by atomic mass is 10.2. The Morgan fingerprint density at radius 1 is 1.52 bits per heavy atom. The zero-order valence-corrected chi connectivity index (χ0v) is 12.2. The summed E-state index contributed by atoms with van der Waals surface area (Å²) >= 11 is 0. The van der Waals surface area contributed by atoms with E-state index >= 15 is 0 Å². The molecule has 0 aliphatic carbocycles. The van der Waals surface area contributed by atoms with Gasteiger partial charge < -0.3 is 10.6 Å². The molecule has 7 heteroatoms. The second kappa shape index (κ2) is 4.83. The molecule has 2 aromatic rings. The maximum Gasteiger partial charge on any atom is 0.246 e. The maximum atomic E-state index is 11.9. The van der Waals surface area contributed by atoms with Crippen molar-refractivity contribution in [2.45, 2.75) is 32.4 Å². The summed E-state index contributed by atoms with van der Waals surface area (Å²) in [5.41, 5.74) is 7.45. The first-order valence-corrected chi connectivity index (χ1v) is 6.91. The molecule has 1 saturated heterocycles. The van der Waals surface area contributed by atoms with Gasteiger partial charge in [0.15, 0.2) is 5.65 Å². The van der Waals surface area contributed by atoms with Crippen LogP contribution in [0.25, 0.3) is 11.0 Å². The molecule has 3 rings (SSSR count). The number of carbonyl (C=O) groups is 1. The highest BCUT2D eigenvalue weighted by Crippen LogP contribution is 2.31. The summed E-state index contributed by atoms with van der Waals surface area (Å²) in [7, 11) is 0. The molecule has 0 aromatic carbocycles. The maximum absolute atomic E-state index is 11.9. The Balaban J connectivity index is 2.01. The molecule has 110 valence electrons. The lowest BCUT2D eigenvalue weighted by Crippen LogP contribution is -2.32. The van der Waals surface area contributed by atoms with Gasteiger partial charge in [-0.2, -0.15) is 5.10 Å². The third kappa shape index (κ3) is 2.05. The number of aryl methyl sites for hydroxylation is 1. The third-order valence-corrected chi connectivity index (χ3v) is 4.05. The molecule has 0 spiro atoms. The van der Waals surface area contributed by atoms with Gasteiger partial charge in [0.1, 0.15) is 12.1 Å². The van der Waals surface area contributed by atoms with Gasteiger partial charge in [0, 0.05) is 12.6 Å². The van der Waals surface area contributed by atoms with E-state index in [0.717, 1.165) is 23.1 Å². The molecule has 0 bridgehead atoms. The van der Waals surface area contributed by atoms with Crippen LogP contribution in [0.1, 0.15) is 25.1 Å². The van der Waals surface area contributed by atoms with Crippen molar-refractivity contribution in [2.24, 2.45) is 0 Å². The van der Waals surface area contributed by atoms with E-state index in [0.29, 0.717) is 12.4 Å². The largest absolute Gasteiger partial charge is 0.383 e. The molecule has 0 radical (unpaired) electrons. The van der Waals surface area contributed by atoms with Crippen LogP contribution in [0.15, 0.2) is 19.0 Å². The average molecular weight is 286 g/mol. The first-order valence-electron chi connectivity index (χ1n) is 6.91. The van der Waals surface area contributed by atoms with E-state index in [1.54, 1.807) is 0 Å². The number of fused-ring (bicyclic) bond motifs is 1. The number of rotatable bonds is 2. The molecule has 2 N–H and O–H groups in total. The van der Waals surface area contributed by atoms with Crippen molar-refractivity contribution in [1.82, 2.24) is 24.6 Å². The first kappa shape index (κ1) is 13.5. The summed E-state index contributed by atoms with van der Waals surface area (Å²) in [6, 6.07) is 0.244. The van der Waals surface area contributed by atoms with Gasteiger partial charge in [-0.05, 0) is 26.3 Å². The van der Waals surface area contributed by atoms with Crippen LogP contribution in [0.3, 0.4) is 0 Å². The second-order valence-corrected chi connectivity index (χ2v) is 5.42. The first-order chi connectivity index (χ1) is 10.0. The highest BCUT2D eigenvalue weighted by atomic mass is 16.2. The number of aromatic nitrogens is 4. The number of anilines is 1. The van der Waals surface area contributed by atoms with E-state index in [4.69, 9.17) is 5.73 Å². The smallest absolute Gasteiger partial charge is 0.246 e. The number of hydrogen-bond acceptors (Lipinski definition) is 5. The molecule has 0 saturated carbocycles. The van der Waals surface area contributed by atoms with E-state index in [-0.39, 0.29) is 18.0 Å². The van der Waals surface area contributed by atoms with Gasteiger partial charge in [0.25, 0.3) is 0 Å². The highest BCUT2D eigenvalue weighted by Gasteiger charge is 2.34. The standard InChI is InChI=1S/C14H18N6O/c1-4-11(21)19-6-10(5-8(19)2)20-14-12(9(3)18-20)13(15)16-7-17-14/h4,7-8,10H,1,5-6H2,2-3H3,(H2,15,16,17)/t8-,10?/m1/s1. The number of nitrogens with two attached hydrogens (primary N) is 1. The van der Waals surface area contributed by atoms with Crippen molar-refractivity contribution in [1.29, 1.82) is 0 Å². The van der Waals surface area contributed by atoms with Crippen LogP contribution in [0.4, 0.5) is 5.82 Å². The molecule has 2 atom stereocenters. The molecular formula is C14H18N6O. The lowest BCUT2D eigenvalue weighted by molar-refractivity contribution is -0.126. The van der Waals surface area contributed by atoms with Crippen molar-refractivity contribution in [3.8, 4) is 0 Å². The van der Waals surface area contributed by atoms with Gasteiger partial charge in [-0.3, -0.25) is 4.79 Å². The van der Waals surface area contributed by atoms with Crippen LogP contribution >= 0.6 is 0 Å². The lowest BCUT2D eigenvalue weighted by Gasteiger charge is -2.19. The number of likely N-dealkylation sites (tertiary alicyclic amines) is 1. The molecule has 1 aliphatic heterocycles. The molecule has 7 nitrogen and oxygen atoms in total. The fourth-order valence-corrected chi connectivity index (χ4v) is 3.03. The molecule has 1 aliphatic rings. The minimum Gasteiger partial charge on any atom is -0.383 e. The summed E-state index contributed by atoms with van der Waals surface area (Å²) in [5.74, 6) is 0.390. The van der Waals surface area contributed by atoms with E-state index in [9.17, 15) is 4.79 Å². The van der Waals surface area contributed by atoms with Crippen LogP contribution < -0.4 is 5.73 Å². The Morgan fingerprint density at radius 2 is 2.29 bits per heavy atom. The predicted octanol–water partition coefficient (Wildman–Crippen LogP) is 1.06. The molecule has 21 heavy (non-hydrogen) atoms. The topological polar surface area (TPSA) is 89.9 Å². The van der Waals surface area contributed by atoms with Crippen molar-refractivity contribution in [3.05, 3.63) is 24.7 Å². The van der Waals surface area contributed by atoms with Gasteiger partial charge in [-0.25, -0.2) is 14.6 Å². The van der Waals surface area contributed by atoms with E-state index in [1.165, 1.54) is 12.4 Å². The summed E-state index contributed by atoms with van der Waals surface area (Å²) in [4.78, 5) is 22.0. The minimum atomic E-state index is -0.0488. The number of hydrogen-bond donors (Lipinski definition) is 1. The fourth-order valence-electron chi connectivity index (χ4n) is 3.03. The van der Waals surface area contributed by atoms with Crippen molar-refractivity contribution >= 4 is 22.8 Å². The van der Waals surface area contributed by atoms with Crippen LogP contribution in [-0.2, 0) is 4.79 Å². The number of carbonyl (C=O) groups excluding carboxylic acids is 1. The monoisotopic (exact) mass is 286 g/mol. The molecular weight excluding hydrogens is 268 g/mol. The SMILES string of the molecule is C=CC(=O)N1CC(n2nc(C)c3c(N)ncnc32)C[C@H]1C. The molecule has 1 fully saturated rings. The predicted molar refractivity (Wildman–Crippen MR) is 79.5 cm³/mol. The van der Waals surface area contributed by atoms with Crippen LogP contribution in [0, 0.1) is 6.92 Å². The third-order valence-electron chi connectivity index (χ3n) is 4.05. The van der Waals surface area contributed by atoms with E-state index < -0.39 is 0 Å². The molecule has 2 aromatic heterocycles. The summed E-state index contributed by atoms with van der Waals surface area (Å²) in [6.45, 7) is 8.08. The fraction of sp³-hybridized carbons (Fsp3) is 0.429. The summed E-state index contributed by atoms with van der Waals surface area (Å²) in [6.07, 6.45) is 3.63. The summed E-state index contributed by atoms with van der Waals surface area (Å²) in [5, 5.41) is 5.35. The van der Waals surface area contributed by atoms with E-state index in [2.05, 4.69) is 21.6 Å². The van der Waals surface area contributed by atoms with Crippen molar-refractivity contribution in [2.75, 3.05) is 12.3 Å². The van der Waals surface area contributed by atoms with Gasteiger partial charge >= 0.3 is 0 Å². The Morgan fingerprint density at radius 3 is 3.00 bits per heavy atom. The Kier molecular flexibility index (Phi) is 3.12. The van der Waals surface area contributed by atoms with Gasteiger partial charge in [0.2, 0.25) is 5.91 Å². The number of amides is 1. The Bertz CT molecular complexity index is 722. The number of nitrogens with zero attached hydrogens (tertiary/aromatic N) is 5. The zero-order valence-electron chi connectivity index (χ0n) is 12.2. The second-order valence-electron chi connectivity index (χ2n) is 5.42. The van der Waals surface area contributed by atoms with Crippen molar-refractivity contribution in [3.63, 3.8) is 0 Å². The van der Waals surface area contributed by atoms with Crippen molar-refractivity contribution < 1.29 is 4.79 Å². The summed E-state index contributed by atoms with van der Waals surface area (Å²) < 4.78 is 1.87. The highest BCUT2D eigenvalue weighted by molar-refractivity contribution is 5.88. The van der Waals surface area contributed by atoms with Gasteiger partial charge in [0.05, 0.1) is 17.1 Å². The molecule has 1 amide bonds. The average Bonchev–Trinajstić information content (AvgIpc) is 3.00. The Hall–Kier alpha value is -2.44. The number of nitrogen functional groups attached to an aromatic ring is 1. The van der Waals surface area contributed by atoms with Gasteiger partial charge in [-0.15, -0.1) is 0 Å². The van der Waals surface area contributed by atoms with Crippen LogP contribution in [-0.4, -0.2) is 43.1 Å². The van der Waals surface area contributed by atoms with Crippen LogP contribution in [0.2, 0.25) is 0 Å². The van der Waals surface area contributed by atoms with Gasteiger partial charge in [-0.1, -0.05) is 6.58 Å². The minimum absolute atomic E-state index is 0.0488. The van der Waals surface area contributed by atoms with E-state index in [1.807, 2.05) is 23.4 Å². The zero-order chi connectivity index (χ0) is 15.1. The van der Waals surface area contributed by atoms with Crippen LogP contribution in [0.5, 0.6) is 0 Å². The molecule has 1 unspecified atom stereocenters. The molecule has 3 heterocycles.